The molecule has 1 atom stereocenters. The van der Waals surface area contributed by atoms with Crippen LogP contribution >= 0.6 is 11.6 Å². The lowest BCUT2D eigenvalue weighted by Crippen LogP contribution is -2.16. The molecule has 0 saturated carbocycles. The molecule has 100 valence electrons. The highest BCUT2D eigenvalue weighted by molar-refractivity contribution is 6.32. The molecule has 0 spiro atoms. The Hall–Kier alpha value is -1.72. The molecule has 6 heteroatoms. The van der Waals surface area contributed by atoms with E-state index in [4.69, 9.17) is 21.1 Å². The van der Waals surface area contributed by atoms with Crippen LogP contribution in [0.1, 0.15) is 17.4 Å². The molecular weight excluding hydrogens is 268 g/mol. The summed E-state index contributed by atoms with van der Waals surface area (Å²) in [5.74, 6) is 1.10. The Morgan fingerprint density at radius 2 is 2.16 bits per heavy atom. The standard InChI is InChI=1S/C13H13ClN2O3/c1-16-10(2-3-15-16)12(17)8-6-9(14)13-11(7-8)18-4-5-19-13/h2-3,6-7,12,17H,4-5H2,1H3. The predicted octanol–water partition coefficient (Wildman–Crippen LogP) is 1.93. The molecule has 0 saturated heterocycles. The van der Waals surface area contributed by atoms with Crippen LogP contribution in [-0.4, -0.2) is 28.1 Å². The Labute approximate surface area is 115 Å². The van der Waals surface area contributed by atoms with E-state index in [1.807, 2.05) is 0 Å². The van der Waals surface area contributed by atoms with Gasteiger partial charge in [0.05, 0.1) is 10.7 Å². The second-order valence-corrected chi connectivity index (χ2v) is 4.72. The third-order valence-corrected chi connectivity index (χ3v) is 3.35. The number of aryl methyl sites for hydroxylation is 1. The van der Waals surface area contributed by atoms with E-state index < -0.39 is 6.10 Å². The normalized spacial score (nSPS) is 15.3. The number of aliphatic hydroxyl groups excluding tert-OH is 1. The van der Waals surface area contributed by atoms with Crippen LogP contribution in [0.3, 0.4) is 0 Å². The van der Waals surface area contributed by atoms with E-state index in [1.54, 1.807) is 36.1 Å². The smallest absolute Gasteiger partial charge is 0.179 e. The SMILES string of the molecule is Cn1nccc1C(O)c1cc(Cl)c2c(c1)OCCO2. The van der Waals surface area contributed by atoms with Gasteiger partial charge >= 0.3 is 0 Å². The van der Waals surface area contributed by atoms with Gasteiger partial charge in [-0.15, -0.1) is 0 Å². The highest BCUT2D eigenvalue weighted by atomic mass is 35.5. The lowest BCUT2D eigenvalue weighted by molar-refractivity contribution is 0.169. The van der Waals surface area contributed by atoms with Crippen molar-refractivity contribution in [3.63, 3.8) is 0 Å². The third-order valence-electron chi connectivity index (χ3n) is 3.07. The number of aromatic nitrogens is 2. The van der Waals surface area contributed by atoms with E-state index in [0.29, 0.717) is 41.0 Å². The first kappa shape index (κ1) is 12.3. The number of hydrogen-bond acceptors (Lipinski definition) is 4. The molecule has 0 radical (unpaired) electrons. The quantitative estimate of drug-likeness (QED) is 0.913. The molecule has 1 aromatic carbocycles. The number of fused-ring (bicyclic) bond motifs is 1. The van der Waals surface area contributed by atoms with Gasteiger partial charge in [-0.3, -0.25) is 4.68 Å². The fraction of sp³-hybridized carbons (Fsp3) is 0.308. The lowest BCUT2D eigenvalue weighted by Gasteiger charge is -2.21. The predicted molar refractivity (Wildman–Crippen MR) is 69.7 cm³/mol. The Morgan fingerprint density at radius 3 is 2.89 bits per heavy atom. The van der Waals surface area contributed by atoms with E-state index in [9.17, 15) is 5.11 Å². The first-order chi connectivity index (χ1) is 9.16. The van der Waals surface area contributed by atoms with E-state index in [-0.39, 0.29) is 0 Å². The van der Waals surface area contributed by atoms with Crippen LogP contribution in [0.2, 0.25) is 5.02 Å². The number of ether oxygens (including phenoxy) is 2. The molecule has 3 rings (SSSR count). The monoisotopic (exact) mass is 280 g/mol. The van der Waals surface area contributed by atoms with Gasteiger partial charge in [-0.05, 0) is 23.8 Å². The van der Waals surface area contributed by atoms with E-state index >= 15 is 0 Å². The van der Waals surface area contributed by atoms with Gasteiger partial charge in [0, 0.05) is 13.2 Å². The molecule has 1 aliphatic heterocycles. The van der Waals surface area contributed by atoms with Crippen LogP contribution in [0.25, 0.3) is 0 Å². The minimum Gasteiger partial charge on any atom is -0.486 e. The maximum atomic E-state index is 10.4. The second-order valence-electron chi connectivity index (χ2n) is 4.31. The molecule has 0 amide bonds. The molecule has 1 N–H and O–H groups in total. The zero-order valence-electron chi connectivity index (χ0n) is 10.3. The van der Waals surface area contributed by atoms with E-state index in [0.717, 1.165) is 0 Å². The Balaban J connectivity index is 2.02. The maximum Gasteiger partial charge on any atom is 0.179 e. The largest absolute Gasteiger partial charge is 0.486 e. The average molecular weight is 281 g/mol. The molecule has 5 nitrogen and oxygen atoms in total. The summed E-state index contributed by atoms with van der Waals surface area (Å²) in [6, 6.07) is 5.19. The molecule has 0 fully saturated rings. The second kappa shape index (κ2) is 4.75. The van der Waals surface area contributed by atoms with Crippen molar-refractivity contribution >= 4 is 11.6 Å². The van der Waals surface area contributed by atoms with Crippen molar-refractivity contribution < 1.29 is 14.6 Å². The van der Waals surface area contributed by atoms with Crippen molar-refractivity contribution in [2.45, 2.75) is 6.10 Å². The fourth-order valence-corrected chi connectivity index (χ4v) is 2.39. The van der Waals surface area contributed by atoms with Crippen LogP contribution in [-0.2, 0) is 7.05 Å². The van der Waals surface area contributed by atoms with Gasteiger partial charge in [-0.25, -0.2) is 0 Å². The van der Waals surface area contributed by atoms with Gasteiger partial charge in [0.25, 0.3) is 0 Å². The average Bonchev–Trinajstić information content (AvgIpc) is 2.84. The summed E-state index contributed by atoms with van der Waals surface area (Å²) >= 11 is 6.15. The molecule has 0 aliphatic carbocycles. The number of nitrogens with zero attached hydrogens (tertiary/aromatic N) is 2. The first-order valence-electron chi connectivity index (χ1n) is 5.92. The topological polar surface area (TPSA) is 56.5 Å². The fourth-order valence-electron chi connectivity index (χ4n) is 2.11. The number of benzene rings is 1. The molecular formula is C13H13ClN2O3. The van der Waals surface area contributed by atoms with Gasteiger partial charge in [0.2, 0.25) is 0 Å². The summed E-state index contributed by atoms with van der Waals surface area (Å²) in [4.78, 5) is 0. The molecule has 2 heterocycles. The van der Waals surface area contributed by atoms with Crippen molar-refractivity contribution in [3.8, 4) is 11.5 Å². The summed E-state index contributed by atoms with van der Waals surface area (Å²) in [5.41, 5.74) is 1.34. The van der Waals surface area contributed by atoms with Crippen molar-refractivity contribution in [2.24, 2.45) is 7.05 Å². The van der Waals surface area contributed by atoms with Crippen molar-refractivity contribution in [1.29, 1.82) is 0 Å². The minimum atomic E-state index is -0.805. The molecule has 2 aromatic rings. The highest BCUT2D eigenvalue weighted by Crippen LogP contribution is 2.40. The number of halogens is 1. The van der Waals surface area contributed by atoms with Gasteiger partial charge in [-0.1, -0.05) is 11.6 Å². The Morgan fingerprint density at radius 1 is 1.37 bits per heavy atom. The summed E-state index contributed by atoms with van der Waals surface area (Å²) in [6.45, 7) is 0.963. The van der Waals surface area contributed by atoms with Gasteiger partial charge in [0.15, 0.2) is 11.5 Å². The number of rotatable bonds is 2. The maximum absolute atomic E-state index is 10.4. The van der Waals surface area contributed by atoms with Crippen LogP contribution in [0.5, 0.6) is 11.5 Å². The van der Waals surface area contributed by atoms with Gasteiger partial charge < -0.3 is 14.6 Å². The molecule has 1 aliphatic rings. The molecule has 1 aromatic heterocycles. The third kappa shape index (κ3) is 2.15. The zero-order chi connectivity index (χ0) is 13.4. The van der Waals surface area contributed by atoms with Crippen LogP contribution < -0.4 is 9.47 Å². The summed E-state index contributed by atoms with van der Waals surface area (Å²) in [6.07, 6.45) is 0.832. The van der Waals surface area contributed by atoms with Crippen molar-refractivity contribution in [2.75, 3.05) is 13.2 Å². The number of aliphatic hydroxyl groups is 1. The lowest BCUT2D eigenvalue weighted by atomic mass is 10.1. The van der Waals surface area contributed by atoms with Crippen molar-refractivity contribution in [1.82, 2.24) is 9.78 Å². The molecule has 1 unspecified atom stereocenters. The summed E-state index contributed by atoms with van der Waals surface area (Å²) in [7, 11) is 1.78. The highest BCUT2D eigenvalue weighted by Gasteiger charge is 2.21. The Kier molecular flexibility index (Phi) is 3.08. The van der Waals surface area contributed by atoms with Crippen LogP contribution in [0.4, 0.5) is 0 Å². The van der Waals surface area contributed by atoms with Crippen molar-refractivity contribution in [3.05, 3.63) is 40.7 Å². The molecule has 0 bridgehead atoms. The van der Waals surface area contributed by atoms with Crippen LogP contribution in [0.15, 0.2) is 24.4 Å². The molecule has 19 heavy (non-hydrogen) atoms. The summed E-state index contributed by atoms with van der Waals surface area (Å²) < 4.78 is 12.6. The van der Waals surface area contributed by atoms with Gasteiger partial charge in [-0.2, -0.15) is 5.10 Å². The minimum absolute atomic E-state index is 0.438. The van der Waals surface area contributed by atoms with Gasteiger partial charge in [0.1, 0.15) is 19.3 Å². The van der Waals surface area contributed by atoms with E-state index in [2.05, 4.69) is 5.10 Å². The summed E-state index contributed by atoms with van der Waals surface area (Å²) in [5, 5.41) is 14.9. The Bertz CT molecular complexity index is 612. The first-order valence-corrected chi connectivity index (χ1v) is 6.29. The number of hydrogen-bond donors (Lipinski definition) is 1. The van der Waals surface area contributed by atoms with E-state index in [1.165, 1.54) is 0 Å². The zero-order valence-corrected chi connectivity index (χ0v) is 11.1. The van der Waals surface area contributed by atoms with Crippen LogP contribution in [0, 0.1) is 0 Å².